The second-order valence-corrected chi connectivity index (χ2v) is 3.64. The van der Waals surface area contributed by atoms with Crippen LogP contribution in [0.2, 0.25) is 0 Å². The van der Waals surface area contributed by atoms with E-state index in [-0.39, 0.29) is 5.82 Å². The molecule has 16 heavy (non-hydrogen) atoms. The predicted octanol–water partition coefficient (Wildman–Crippen LogP) is 3.01. The fourth-order valence-electron chi connectivity index (χ4n) is 1.58. The first-order valence-corrected chi connectivity index (χ1v) is 4.87. The van der Waals surface area contributed by atoms with E-state index >= 15 is 0 Å². The van der Waals surface area contributed by atoms with Crippen molar-refractivity contribution >= 4 is 6.29 Å². The number of nitrogens with zero attached hydrogens (tertiary/aromatic N) is 1. The van der Waals surface area contributed by atoms with Crippen molar-refractivity contribution in [3.8, 4) is 11.1 Å². The van der Waals surface area contributed by atoms with E-state index in [9.17, 15) is 9.18 Å². The molecule has 0 fully saturated rings. The maximum atomic E-state index is 13.2. The van der Waals surface area contributed by atoms with Crippen LogP contribution in [0.1, 0.15) is 15.9 Å². The number of aldehydes is 1. The van der Waals surface area contributed by atoms with Gasteiger partial charge in [-0.3, -0.25) is 9.78 Å². The second-order valence-electron chi connectivity index (χ2n) is 3.64. The first kappa shape index (κ1) is 10.5. The van der Waals surface area contributed by atoms with E-state index in [4.69, 9.17) is 0 Å². The van der Waals surface area contributed by atoms with Gasteiger partial charge in [-0.25, -0.2) is 4.39 Å². The SMILES string of the molecule is Cc1cc(F)cc(-c2cncc(C=O)c2)c1. The molecule has 3 heteroatoms. The number of hydrogen-bond donors (Lipinski definition) is 0. The molecule has 80 valence electrons. The van der Waals surface area contributed by atoms with Crippen LogP contribution in [0, 0.1) is 12.7 Å². The Kier molecular flexibility index (Phi) is 2.77. The lowest BCUT2D eigenvalue weighted by atomic mass is 10.0. The van der Waals surface area contributed by atoms with Gasteiger partial charge >= 0.3 is 0 Å². The predicted molar refractivity (Wildman–Crippen MR) is 59.8 cm³/mol. The van der Waals surface area contributed by atoms with Crippen LogP contribution in [-0.4, -0.2) is 11.3 Å². The van der Waals surface area contributed by atoms with Crippen LogP contribution in [0.25, 0.3) is 11.1 Å². The van der Waals surface area contributed by atoms with E-state index < -0.39 is 0 Å². The normalized spacial score (nSPS) is 10.1. The van der Waals surface area contributed by atoms with Crippen LogP contribution in [0.15, 0.2) is 36.7 Å². The Hall–Kier alpha value is -2.03. The van der Waals surface area contributed by atoms with E-state index in [2.05, 4.69) is 4.98 Å². The molecular formula is C13H10FNO. The van der Waals surface area contributed by atoms with Crippen molar-refractivity contribution in [2.45, 2.75) is 6.92 Å². The van der Waals surface area contributed by atoms with Gasteiger partial charge in [-0.1, -0.05) is 6.07 Å². The van der Waals surface area contributed by atoms with E-state index in [1.54, 1.807) is 12.3 Å². The van der Waals surface area contributed by atoms with Crippen molar-refractivity contribution in [1.29, 1.82) is 0 Å². The Bertz CT molecular complexity index is 517. The topological polar surface area (TPSA) is 30.0 Å². The number of aromatic nitrogens is 1. The number of carbonyl (C=O) groups is 1. The number of carbonyl (C=O) groups excluding carboxylic acids is 1. The Morgan fingerprint density at radius 3 is 2.62 bits per heavy atom. The molecule has 0 radical (unpaired) electrons. The highest BCUT2D eigenvalue weighted by Gasteiger charge is 2.02. The van der Waals surface area contributed by atoms with Crippen LogP contribution in [0.3, 0.4) is 0 Å². The summed E-state index contributed by atoms with van der Waals surface area (Å²) in [5.74, 6) is -0.286. The van der Waals surface area contributed by atoms with Crippen LogP contribution < -0.4 is 0 Å². The van der Waals surface area contributed by atoms with Crippen LogP contribution in [0.4, 0.5) is 4.39 Å². The summed E-state index contributed by atoms with van der Waals surface area (Å²) in [7, 11) is 0. The number of pyridine rings is 1. The molecule has 0 spiro atoms. The van der Waals surface area contributed by atoms with Gasteiger partial charge in [0.05, 0.1) is 0 Å². The first-order chi connectivity index (χ1) is 7.69. The van der Waals surface area contributed by atoms with Crippen molar-refractivity contribution in [3.63, 3.8) is 0 Å². The van der Waals surface area contributed by atoms with E-state index in [1.807, 2.05) is 13.0 Å². The number of rotatable bonds is 2. The largest absolute Gasteiger partial charge is 0.298 e. The molecule has 1 heterocycles. The van der Waals surface area contributed by atoms with Gasteiger partial charge < -0.3 is 0 Å². The van der Waals surface area contributed by atoms with Crippen LogP contribution >= 0.6 is 0 Å². The third-order valence-electron chi connectivity index (χ3n) is 2.27. The van der Waals surface area contributed by atoms with Crippen molar-refractivity contribution in [1.82, 2.24) is 4.98 Å². The molecule has 2 nitrogen and oxygen atoms in total. The highest BCUT2D eigenvalue weighted by atomic mass is 19.1. The molecule has 2 aromatic rings. The molecule has 2 rings (SSSR count). The number of aryl methyl sites for hydroxylation is 1. The highest BCUT2D eigenvalue weighted by molar-refractivity contribution is 5.78. The second kappa shape index (κ2) is 4.23. The molecule has 0 saturated carbocycles. The molecule has 0 amide bonds. The molecule has 0 unspecified atom stereocenters. The minimum atomic E-state index is -0.286. The summed E-state index contributed by atoms with van der Waals surface area (Å²) in [6, 6.07) is 6.43. The van der Waals surface area contributed by atoms with Gasteiger partial charge in [0.25, 0.3) is 0 Å². The van der Waals surface area contributed by atoms with Gasteiger partial charge in [-0.05, 0) is 36.2 Å². The molecule has 0 aliphatic carbocycles. The molecular weight excluding hydrogens is 205 g/mol. The number of benzene rings is 1. The van der Waals surface area contributed by atoms with Gasteiger partial charge in [0.2, 0.25) is 0 Å². The number of hydrogen-bond acceptors (Lipinski definition) is 2. The minimum absolute atomic E-state index is 0.286. The molecule has 0 bridgehead atoms. The Labute approximate surface area is 92.8 Å². The van der Waals surface area contributed by atoms with Gasteiger partial charge in [-0.15, -0.1) is 0 Å². The molecule has 1 aromatic carbocycles. The molecule has 0 aliphatic rings. The zero-order valence-corrected chi connectivity index (χ0v) is 8.77. The third-order valence-corrected chi connectivity index (χ3v) is 2.27. The van der Waals surface area contributed by atoms with Crippen molar-refractivity contribution in [3.05, 3.63) is 53.6 Å². The fourth-order valence-corrected chi connectivity index (χ4v) is 1.58. The first-order valence-electron chi connectivity index (χ1n) is 4.87. The summed E-state index contributed by atoms with van der Waals surface area (Å²) in [6.45, 7) is 1.82. The van der Waals surface area contributed by atoms with Crippen LogP contribution in [0.5, 0.6) is 0 Å². The zero-order valence-electron chi connectivity index (χ0n) is 8.77. The van der Waals surface area contributed by atoms with Crippen molar-refractivity contribution in [2.75, 3.05) is 0 Å². The van der Waals surface area contributed by atoms with E-state index in [0.717, 1.165) is 23.0 Å². The summed E-state index contributed by atoms with van der Waals surface area (Å²) >= 11 is 0. The summed E-state index contributed by atoms with van der Waals surface area (Å²) < 4.78 is 13.2. The molecule has 0 N–H and O–H groups in total. The van der Waals surface area contributed by atoms with Crippen molar-refractivity contribution in [2.24, 2.45) is 0 Å². The number of halogens is 1. The van der Waals surface area contributed by atoms with Gasteiger partial charge in [-0.2, -0.15) is 0 Å². The molecule has 0 saturated heterocycles. The highest BCUT2D eigenvalue weighted by Crippen LogP contribution is 2.21. The maximum absolute atomic E-state index is 13.2. The zero-order chi connectivity index (χ0) is 11.5. The van der Waals surface area contributed by atoms with Gasteiger partial charge in [0, 0.05) is 23.5 Å². The van der Waals surface area contributed by atoms with E-state index in [0.29, 0.717) is 5.56 Å². The smallest absolute Gasteiger partial charge is 0.151 e. The van der Waals surface area contributed by atoms with Crippen molar-refractivity contribution < 1.29 is 9.18 Å². The summed E-state index contributed by atoms with van der Waals surface area (Å²) in [4.78, 5) is 14.5. The maximum Gasteiger partial charge on any atom is 0.151 e. The molecule has 1 aromatic heterocycles. The molecule has 0 aliphatic heterocycles. The fraction of sp³-hybridized carbons (Fsp3) is 0.0769. The lowest BCUT2D eigenvalue weighted by Crippen LogP contribution is -1.87. The third kappa shape index (κ3) is 2.14. The Balaban J connectivity index is 2.53. The minimum Gasteiger partial charge on any atom is -0.298 e. The van der Waals surface area contributed by atoms with E-state index in [1.165, 1.54) is 18.3 Å². The average molecular weight is 215 g/mol. The molecule has 0 atom stereocenters. The van der Waals surface area contributed by atoms with Crippen LogP contribution in [-0.2, 0) is 0 Å². The summed E-state index contributed by atoms with van der Waals surface area (Å²) in [5.41, 5.74) is 2.80. The average Bonchev–Trinajstić information content (AvgIpc) is 2.28. The lowest BCUT2D eigenvalue weighted by molar-refractivity contribution is 0.112. The summed E-state index contributed by atoms with van der Waals surface area (Å²) in [6.07, 6.45) is 3.81. The monoisotopic (exact) mass is 215 g/mol. The van der Waals surface area contributed by atoms with Gasteiger partial charge in [0.15, 0.2) is 6.29 Å². The Morgan fingerprint density at radius 1 is 1.12 bits per heavy atom. The quantitative estimate of drug-likeness (QED) is 0.721. The standard InChI is InChI=1S/C13H10FNO/c1-9-2-11(5-13(14)3-9)12-4-10(8-16)6-15-7-12/h2-8H,1H3. The lowest BCUT2D eigenvalue weighted by Gasteiger charge is -2.03. The summed E-state index contributed by atoms with van der Waals surface area (Å²) in [5, 5.41) is 0. The Morgan fingerprint density at radius 2 is 1.94 bits per heavy atom. The van der Waals surface area contributed by atoms with Gasteiger partial charge in [0.1, 0.15) is 5.82 Å².